The fourth-order valence-corrected chi connectivity index (χ4v) is 6.54. The number of halogens is 4. The maximum atomic E-state index is 13.2. The van der Waals surface area contributed by atoms with Crippen molar-refractivity contribution in [3.8, 4) is 0 Å². The van der Waals surface area contributed by atoms with Crippen LogP contribution < -0.4 is 21.3 Å². The van der Waals surface area contributed by atoms with Crippen LogP contribution in [0.5, 0.6) is 0 Å². The number of azo groups is 2. The lowest BCUT2D eigenvalue weighted by atomic mass is 10.1. The number of ketones is 2. The SMILES string of the molecule is CC(=O)C(N=Nc1cccc(C(=O)Nc2ccc(CCCl)cc2)c1Cl)C(=O)Nc1ccc(NC(=O)C(N=Nc2cccc(C(=O)Nc3ccc(CCCl)cc3)c2Cl)C(C)=O)cc1. The Hall–Kier alpha value is -6.32. The molecule has 0 bridgehead atoms. The number of rotatable bonds is 18. The lowest BCUT2D eigenvalue weighted by Crippen LogP contribution is -2.32. The zero-order chi connectivity index (χ0) is 44.8. The molecular weight excluding hydrogens is 878 g/mol. The number of amides is 4. The molecule has 2 unspecified atom stereocenters. The Morgan fingerprint density at radius 2 is 0.806 bits per heavy atom. The molecule has 0 spiro atoms. The van der Waals surface area contributed by atoms with Crippen LogP contribution in [0.2, 0.25) is 10.0 Å². The van der Waals surface area contributed by atoms with Crippen LogP contribution in [-0.2, 0) is 32.0 Å². The predicted octanol–water partition coefficient (Wildman–Crippen LogP) is 10.4. The number of anilines is 4. The maximum Gasteiger partial charge on any atom is 0.258 e. The normalized spacial score (nSPS) is 12.1. The van der Waals surface area contributed by atoms with Gasteiger partial charge in [-0.3, -0.25) is 28.8 Å². The van der Waals surface area contributed by atoms with E-state index >= 15 is 0 Å². The minimum atomic E-state index is -1.57. The Balaban J connectivity index is 1.19. The van der Waals surface area contributed by atoms with Gasteiger partial charge in [0, 0.05) is 34.5 Å². The van der Waals surface area contributed by atoms with E-state index in [1.54, 1.807) is 24.3 Å². The van der Waals surface area contributed by atoms with Crippen LogP contribution >= 0.6 is 46.4 Å². The fourth-order valence-electron chi connectivity index (χ4n) is 5.60. The van der Waals surface area contributed by atoms with Gasteiger partial charge in [0.25, 0.3) is 23.6 Å². The topological polar surface area (TPSA) is 200 Å². The molecule has 4 amide bonds. The highest BCUT2D eigenvalue weighted by Gasteiger charge is 2.26. The Kier molecular flexibility index (Phi) is 17.0. The first-order chi connectivity index (χ1) is 29.8. The standard InChI is InChI=1S/C44H38Cl4N8O6/c1-25(57)39(55-53-35-7-3-5-33(37(35)47)41(59)49-29-13-9-27(10-14-29)21-23-45)43(61)51-31-17-19-32(20-18-31)52-44(62)40(26(2)58)56-54-36-8-4-6-34(38(36)48)42(60)50-30-15-11-28(12-16-30)22-24-46/h3-20,39-40H,21-24H2,1-2H3,(H,49,59)(H,50,60)(H,51,61)(H,52,62). The van der Waals surface area contributed by atoms with E-state index in [2.05, 4.69) is 41.7 Å². The number of nitrogens with zero attached hydrogens (tertiary/aromatic N) is 4. The highest BCUT2D eigenvalue weighted by Crippen LogP contribution is 2.31. The van der Waals surface area contributed by atoms with E-state index in [0.717, 1.165) is 11.1 Å². The van der Waals surface area contributed by atoms with Crippen LogP contribution in [-0.4, -0.2) is 59.0 Å². The summed E-state index contributed by atoms with van der Waals surface area (Å²) in [5, 5.41) is 26.5. The zero-order valence-electron chi connectivity index (χ0n) is 33.1. The molecule has 5 aromatic rings. The molecule has 0 fully saturated rings. The second-order valence-corrected chi connectivity index (χ2v) is 15.0. The summed E-state index contributed by atoms with van der Waals surface area (Å²) < 4.78 is 0. The lowest BCUT2D eigenvalue weighted by molar-refractivity contribution is -0.127. The van der Waals surface area contributed by atoms with Crippen molar-refractivity contribution in [2.75, 3.05) is 33.0 Å². The molecule has 0 aliphatic carbocycles. The Labute approximate surface area is 376 Å². The van der Waals surface area contributed by atoms with Gasteiger partial charge in [0.2, 0.25) is 12.1 Å². The number of alkyl halides is 2. The van der Waals surface area contributed by atoms with E-state index in [9.17, 15) is 28.8 Å². The van der Waals surface area contributed by atoms with E-state index in [1.807, 2.05) is 24.3 Å². The van der Waals surface area contributed by atoms with Crippen molar-refractivity contribution in [1.82, 2.24) is 0 Å². The molecule has 5 aromatic carbocycles. The minimum Gasteiger partial charge on any atom is -0.324 e. The summed E-state index contributed by atoms with van der Waals surface area (Å²) >= 11 is 24.6. The van der Waals surface area contributed by atoms with Crippen LogP contribution in [0.1, 0.15) is 45.7 Å². The summed E-state index contributed by atoms with van der Waals surface area (Å²) in [6.07, 6.45) is 1.38. The molecule has 4 N–H and O–H groups in total. The highest BCUT2D eigenvalue weighted by molar-refractivity contribution is 6.37. The van der Waals surface area contributed by atoms with Crippen molar-refractivity contribution >= 4 is 116 Å². The van der Waals surface area contributed by atoms with E-state index in [1.165, 1.54) is 74.5 Å². The molecule has 18 heteroatoms. The Morgan fingerprint density at radius 3 is 1.13 bits per heavy atom. The van der Waals surface area contributed by atoms with Crippen LogP contribution in [0.3, 0.4) is 0 Å². The molecule has 2 atom stereocenters. The molecule has 0 radical (unpaired) electrons. The molecule has 0 aromatic heterocycles. The van der Waals surface area contributed by atoms with Gasteiger partial charge >= 0.3 is 0 Å². The number of carbonyl (C=O) groups excluding carboxylic acids is 6. The molecule has 0 aliphatic heterocycles. The number of nitrogens with one attached hydrogen (secondary N) is 4. The van der Waals surface area contributed by atoms with E-state index in [4.69, 9.17) is 46.4 Å². The molecule has 5 rings (SSSR count). The lowest BCUT2D eigenvalue weighted by Gasteiger charge is -2.12. The number of benzene rings is 5. The average molecular weight is 917 g/mol. The largest absolute Gasteiger partial charge is 0.324 e. The summed E-state index contributed by atoms with van der Waals surface area (Å²) in [6.45, 7) is 2.34. The zero-order valence-corrected chi connectivity index (χ0v) is 36.1. The highest BCUT2D eigenvalue weighted by atomic mass is 35.5. The fraction of sp³-hybridized carbons (Fsp3) is 0.182. The van der Waals surface area contributed by atoms with Crippen LogP contribution in [0.15, 0.2) is 130 Å². The summed E-state index contributed by atoms with van der Waals surface area (Å²) in [5.41, 5.74) is 3.90. The number of hydrogen-bond donors (Lipinski definition) is 4. The third kappa shape index (κ3) is 12.8. The quantitative estimate of drug-likeness (QED) is 0.0383. The molecule has 0 aliphatic rings. The first-order valence-electron chi connectivity index (χ1n) is 18.8. The van der Waals surface area contributed by atoms with Gasteiger partial charge in [-0.2, -0.15) is 20.5 Å². The predicted molar refractivity (Wildman–Crippen MR) is 242 cm³/mol. The Bertz CT molecular complexity index is 2340. The molecule has 318 valence electrons. The number of aryl methyl sites for hydroxylation is 2. The van der Waals surface area contributed by atoms with Gasteiger partial charge in [-0.05, 0) is 111 Å². The van der Waals surface area contributed by atoms with E-state index in [-0.39, 0.29) is 43.9 Å². The van der Waals surface area contributed by atoms with E-state index in [0.29, 0.717) is 36.0 Å². The second kappa shape index (κ2) is 22.5. The maximum absolute atomic E-state index is 13.2. The summed E-state index contributed by atoms with van der Waals surface area (Å²) in [6, 6.07) is 26.0. The van der Waals surface area contributed by atoms with Gasteiger partial charge < -0.3 is 21.3 Å². The first-order valence-corrected chi connectivity index (χ1v) is 20.6. The molecular formula is C44H38Cl4N8O6. The van der Waals surface area contributed by atoms with Crippen LogP contribution in [0, 0.1) is 0 Å². The Morgan fingerprint density at radius 1 is 0.484 bits per heavy atom. The van der Waals surface area contributed by atoms with Gasteiger partial charge in [-0.15, -0.1) is 23.2 Å². The molecule has 0 saturated heterocycles. The summed E-state index contributed by atoms with van der Waals surface area (Å²) in [4.78, 5) is 77.3. The van der Waals surface area contributed by atoms with Crippen molar-refractivity contribution in [3.05, 3.63) is 141 Å². The van der Waals surface area contributed by atoms with Crippen LogP contribution in [0.25, 0.3) is 0 Å². The van der Waals surface area contributed by atoms with Crippen LogP contribution in [0.4, 0.5) is 34.1 Å². The monoisotopic (exact) mass is 914 g/mol. The summed E-state index contributed by atoms with van der Waals surface area (Å²) in [7, 11) is 0. The van der Waals surface area contributed by atoms with Gasteiger partial charge in [-0.25, -0.2) is 0 Å². The van der Waals surface area contributed by atoms with Crippen molar-refractivity contribution < 1.29 is 28.8 Å². The number of carbonyl (C=O) groups is 6. The van der Waals surface area contributed by atoms with Gasteiger partial charge in [-0.1, -0.05) is 59.6 Å². The molecule has 62 heavy (non-hydrogen) atoms. The van der Waals surface area contributed by atoms with Gasteiger partial charge in [0.1, 0.15) is 11.4 Å². The third-order valence-electron chi connectivity index (χ3n) is 8.88. The third-order valence-corrected chi connectivity index (χ3v) is 10.1. The van der Waals surface area contributed by atoms with Crippen molar-refractivity contribution in [2.45, 2.75) is 38.8 Å². The van der Waals surface area contributed by atoms with Crippen molar-refractivity contribution in [2.24, 2.45) is 20.5 Å². The molecule has 0 heterocycles. The number of Topliss-reactive ketones (excluding diaryl/α,β-unsaturated/α-hetero) is 2. The molecule has 14 nitrogen and oxygen atoms in total. The van der Waals surface area contributed by atoms with E-state index < -0.39 is 47.3 Å². The van der Waals surface area contributed by atoms with Crippen molar-refractivity contribution in [1.29, 1.82) is 0 Å². The average Bonchev–Trinajstić information content (AvgIpc) is 3.24. The first kappa shape index (κ1) is 46.7. The minimum absolute atomic E-state index is 0.0411. The number of hydrogen-bond acceptors (Lipinski definition) is 10. The summed E-state index contributed by atoms with van der Waals surface area (Å²) in [5.74, 6) is -2.93. The smallest absolute Gasteiger partial charge is 0.258 e. The molecule has 0 saturated carbocycles. The van der Waals surface area contributed by atoms with Gasteiger partial charge in [0.05, 0.1) is 21.2 Å². The van der Waals surface area contributed by atoms with Crippen molar-refractivity contribution in [3.63, 3.8) is 0 Å². The van der Waals surface area contributed by atoms with Gasteiger partial charge in [0.15, 0.2) is 11.6 Å². The second-order valence-electron chi connectivity index (χ2n) is 13.5.